The number of esters is 4. The number of phosphoric ester groups is 2. The molecule has 17 nitrogen and oxygen atoms in total. The van der Waals surface area contributed by atoms with Crippen molar-refractivity contribution in [1.29, 1.82) is 0 Å². The Bertz CT molecular complexity index is 1750. The van der Waals surface area contributed by atoms with Crippen LogP contribution in [0.4, 0.5) is 0 Å². The summed E-state index contributed by atoms with van der Waals surface area (Å²) in [6.07, 6.45) is 48.4. The van der Waals surface area contributed by atoms with Gasteiger partial charge < -0.3 is 33.8 Å². The molecule has 534 valence electrons. The van der Waals surface area contributed by atoms with Gasteiger partial charge in [0.15, 0.2) is 12.2 Å². The molecule has 0 radical (unpaired) electrons. The predicted octanol–water partition coefficient (Wildman–Crippen LogP) is 20.4. The fourth-order valence-corrected chi connectivity index (χ4v) is 12.3. The van der Waals surface area contributed by atoms with E-state index in [-0.39, 0.29) is 25.7 Å². The van der Waals surface area contributed by atoms with Crippen LogP contribution in [0.25, 0.3) is 0 Å². The van der Waals surface area contributed by atoms with Crippen LogP contribution in [0.15, 0.2) is 0 Å². The second-order valence-corrected chi connectivity index (χ2v) is 29.3. The number of ether oxygens (including phenoxy) is 4. The monoisotopic (exact) mass is 1320 g/mol. The van der Waals surface area contributed by atoms with E-state index in [4.69, 9.17) is 37.0 Å². The van der Waals surface area contributed by atoms with Crippen LogP contribution in [0.3, 0.4) is 0 Å². The van der Waals surface area contributed by atoms with E-state index >= 15 is 0 Å². The Kier molecular flexibility index (Phi) is 61.8. The molecule has 0 heterocycles. The fraction of sp³-hybridized carbons (Fsp3) is 0.944. The zero-order chi connectivity index (χ0) is 66.5. The molecule has 0 aromatic carbocycles. The minimum absolute atomic E-state index is 0.106. The molecule has 0 aliphatic heterocycles. The summed E-state index contributed by atoms with van der Waals surface area (Å²) in [5.74, 6) is -0.526. The van der Waals surface area contributed by atoms with Crippen molar-refractivity contribution in [2.75, 3.05) is 39.6 Å². The number of hydrogen-bond donors (Lipinski definition) is 3. The largest absolute Gasteiger partial charge is 0.472 e. The Morgan fingerprint density at radius 1 is 0.322 bits per heavy atom. The minimum atomic E-state index is -4.95. The third-order valence-electron chi connectivity index (χ3n) is 16.8. The lowest BCUT2D eigenvalue weighted by Crippen LogP contribution is -2.30. The fourth-order valence-electron chi connectivity index (χ4n) is 10.7. The van der Waals surface area contributed by atoms with Gasteiger partial charge in [0.2, 0.25) is 0 Å². The molecule has 0 spiro atoms. The van der Waals surface area contributed by atoms with E-state index in [2.05, 4.69) is 41.5 Å². The molecule has 0 saturated heterocycles. The van der Waals surface area contributed by atoms with Gasteiger partial charge in [0.1, 0.15) is 19.3 Å². The van der Waals surface area contributed by atoms with E-state index < -0.39 is 97.5 Å². The first-order chi connectivity index (χ1) is 43.4. The average molecular weight is 1330 g/mol. The van der Waals surface area contributed by atoms with Crippen molar-refractivity contribution in [3.63, 3.8) is 0 Å². The van der Waals surface area contributed by atoms with Gasteiger partial charge in [-0.25, -0.2) is 9.13 Å². The standard InChI is InChI=1S/C71H138O17P2/c1-7-10-12-14-16-18-29-35-41-47-53-68(73)81-59-66(87-70(75)55-49-43-37-30-19-17-15-13-11-8-2)61-85-89(77,78)83-57-65(72)58-84-90(79,80)86-62-67(60-82-69(74)54-48-42-36-31-26-25-28-34-40-46-52-64(6)9-3)88-71(76)56-50-44-38-32-24-22-20-21-23-27-33-39-45-51-63(4)5/h63-67,72H,7-62H2,1-6H3,(H,77,78)(H,79,80)/t64?,65-,66+,67+/m0/s1. The normalized spacial score (nSPS) is 14.4. The maximum Gasteiger partial charge on any atom is 0.472 e. The molecule has 0 aliphatic carbocycles. The molecule has 0 aromatic heterocycles. The van der Waals surface area contributed by atoms with Crippen LogP contribution in [0.2, 0.25) is 0 Å². The molecule has 0 amide bonds. The molecule has 0 aliphatic rings. The maximum absolute atomic E-state index is 13.0. The Balaban J connectivity index is 5.24. The average Bonchev–Trinajstić information content (AvgIpc) is 3.66. The van der Waals surface area contributed by atoms with E-state index in [1.807, 2.05) is 0 Å². The number of hydrogen-bond acceptors (Lipinski definition) is 15. The number of aliphatic hydroxyl groups excluding tert-OH is 1. The van der Waals surface area contributed by atoms with Crippen molar-refractivity contribution in [3.05, 3.63) is 0 Å². The summed E-state index contributed by atoms with van der Waals surface area (Å²) in [5, 5.41) is 10.6. The summed E-state index contributed by atoms with van der Waals surface area (Å²) in [6.45, 7) is 9.59. The number of carbonyl (C=O) groups excluding carboxylic acids is 4. The highest BCUT2D eigenvalue weighted by molar-refractivity contribution is 7.47. The van der Waals surface area contributed by atoms with Gasteiger partial charge in [-0.15, -0.1) is 0 Å². The molecule has 90 heavy (non-hydrogen) atoms. The topological polar surface area (TPSA) is 237 Å². The maximum atomic E-state index is 13.0. The molecule has 19 heteroatoms. The summed E-state index contributed by atoms with van der Waals surface area (Å²) in [4.78, 5) is 72.5. The SMILES string of the molecule is CCCCCCCCCCCCC(=O)OC[C@H](COP(=O)(O)OC[C@H](O)COP(=O)(O)OC[C@@H](COC(=O)CCCCCCCCCCCCC(C)CC)OC(=O)CCCCCCCCCCCCCCCC(C)C)OC(=O)CCCCCCCCCCCC. The number of carbonyl (C=O) groups is 4. The lowest BCUT2D eigenvalue weighted by molar-refractivity contribution is -0.161. The lowest BCUT2D eigenvalue weighted by atomic mass is 9.99. The molecular weight excluding hydrogens is 1190 g/mol. The van der Waals surface area contributed by atoms with Crippen LogP contribution in [0.1, 0.15) is 363 Å². The highest BCUT2D eigenvalue weighted by atomic mass is 31.2. The molecule has 3 unspecified atom stereocenters. The van der Waals surface area contributed by atoms with Crippen molar-refractivity contribution >= 4 is 39.5 Å². The van der Waals surface area contributed by atoms with E-state index in [9.17, 15) is 43.2 Å². The van der Waals surface area contributed by atoms with E-state index in [1.54, 1.807) is 0 Å². The molecule has 0 rings (SSSR count). The third kappa shape index (κ3) is 63.5. The number of unbranched alkanes of at least 4 members (excludes halogenated alkanes) is 39. The smallest absolute Gasteiger partial charge is 0.462 e. The van der Waals surface area contributed by atoms with E-state index in [1.165, 1.54) is 180 Å². The summed E-state index contributed by atoms with van der Waals surface area (Å²) in [6, 6.07) is 0. The molecular formula is C71H138O17P2. The van der Waals surface area contributed by atoms with Gasteiger partial charge in [0, 0.05) is 25.7 Å². The molecule has 0 saturated carbocycles. The van der Waals surface area contributed by atoms with Crippen LogP contribution in [-0.4, -0.2) is 96.7 Å². The molecule has 0 fully saturated rings. The molecule has 3 N–H and O–H groups in total. The van der Waals surface area contributed by atoms with Crippen LogP contribution in [-0.2, 0) is 65.4 Å². The zero-order valence-electron chi connectivity index (χ0n) is 58.4. The quantitative estimate of drug-likeness (QED) is 0.0222. The van der Waals surface area contributed by atoms with Gasteiger partial charge in [-0.1, -0.05) is 311 Å². The van der Waals surface area contributed by atoms with Crippen molar-refractivity contribution in [2.45, 2.75) is 381 Å². The minimum Gasteiger partial charge on any atom is -0.462 e. The zero-order valence-corrected chi connectivity index (χ0v) is 60.2. The van der Waals surface area contributed by atoms with E-state index in [0.717, 1.165) is 102 Å². The second-order valence-electron chi connectivity index (χ2n) is 26.3. The van der Waals surface area contributed by atoms with Crippen molar-refractivity contribution in [2.24, 2.45) is 11.8 Å². The summed E-state index contributed by atoms with van der Waals surface area (Å²) in [5.41, 5.74) is 0. The van der Waals surface area contributed by atoms with Gasteiger partial charge in [-0.05, 0) is 37.5 Å². The van der Waals surface area contributed by atoms with Crippen LogP contribution < -0.4 is 0 Å². The van der Waals surface area contributed by atoms with Crippen molar-refractivity contribution in [1.82, 2.24) is 0 Å². The third-order valence-corrected chi connectivity index (χ3v) is 18.7. The van der Waals surface area contributed by atoms with Gasteiger partial charge >= 0.3 is 39.5 Å². The Morgan fingerprint density at radius 2 is 0.567 bits per heavy atom. The first-order valence-electron chi connectivity index (χ1n) is 37.0. The Labute approximate surface area is 549 Å². The van der Waals surface area contributed by atoms with Gasteiger partial charge in [0.25, 0.3) is 0 Å². The second kappa shape index (κ2) is 63.1. The van der Waals surface area contributed by atoms with Gasteiger partial charge in [0.05, 0.1) is 26.4 Å². The number of phosphoric acid groups is 2. The molecule has 6 atom stereocenters. The Hall–Kier alpha value is -1.94. The first kappa shape index (κ1) is 88.1. The predicted molar refractivity (Wildman–Crippen MR) is 363 cm³/mol. The van der Waals surface area contributed by atoms with E-state index in [0.29, 0.717) is 25.7 Å². The lowest BCUT2D eigenvalue weighted by Gasteiger charge is -2.21. The van der Waals surface area contributed by atoms with Crippen LogP contribution >= 0.6 is 15.6 Å². The van der Waals surface area contributed by atoms with Crippen molar-refractivity contribution < 1.29 is 80.2 Å². The van der Waals surface area contributed by atoms with Crippen LogP contribution in [0.5, 0.6) is 0 Å². The highest BCUT2D eigenvalue weighted by Crippen LogP contribution is 2.45. The summed E-state index contributed by atoms with van der Waals surface area (Å²) in [7, 11) is -9.90. The highest BCUT2D eigenvalue weighted by Gasteiger charge is 2.30. The first-order valence-corrected chi connectivity index (χ1v) is 40.0. The molecule has 0 aromatic rings. The molecule has 0 bridgehead atoms. The summed E-state index contributed by atoms with van der Waals surface area (Å²) < 4.78 is 68.3. The van der Waals surface area contributed by atoms with Crippen molar-refractivity contribution in [3.8, 4) is 0 Å². The summed E-state index contributed by atoms with van der Waals surface area (Å²) >= 11 is 0. The number of rotatable bonds is 70. The number of aliphatic hydroxyl groups is 1. The van der Waals surface area contributed by atoms with Gasteiger partial charge in [-0.2, -0.15) is 0 Å². The van der Waals surface area contributed by atoms with Gasteiger partial charge in [-0.3, -0.25) is 37.3 Å². The van der Waals surface area contributed by atoms with Crippen LogP contribution in [0, 0.1) is 11.8 Å². The Morgan fingerprint density at radius 3 is 0.844 bits per heavy atom.